The van der Waals surface area contributed by atoms with E-state index in [2.05, 4.69) is 36.0 Å². The van der Waals surface area contributed by atoms with Crippen molar-refractivity contribution in [3.8, 4) is 0 Å². The van der Waals surface area contributed by atoms with Gasteiger partial charge in [0.05, 0.1) is 12.6 Å². The molecule has 0 saturated heterocycles. The molecule has 1 aromatic carbocycles. The van der Waals surface area contributed by atoms with Crippen LogP contribution in [0, 0.1) is 6.92 Å². The van der Waals surface area contributed by atoms with Crippen LogP contribution >= 0.6 is 0 Å². The van der Waals surface area contributed by atoms with Gasteiger partial charge in [-0.25, -0.2) is 4.99 Å². The van der Waals surface area contributed by atoms with Gasteiger partial charge in [0.2, 0.25) is 0 Å². The lowest BCUT2D eigenvalue weighted by molar-refractivity contribution is 0.0965. The Hall–Kier alpha value is -1.88. The molecule has 0 aromatic heterocycles. The first-order valence-electron chi connectivity index (χ1n) is 9.81. The Balaban J connectivity index is 2.65. The zero-order chi connectivity index (χ0) is 19.4. The number of amidine groups is 1. The fraction of sp³-hybridized carbons (Fsp3) is 0.619. The summed E-state index contributed by atoms with van der Waals surface area (Å²) in [6.07, 6.45) is 2.92. The molecule has 0 heterocycles. The quantitative estimate of drug-likeness (QED) is 0.506. The zero-order valence-electron chi connectivity index (χ0n) is 17.0. The monoisotopic (exact) mass is 361 g/mol. The Kier molecular flexibility index (Phi) is 10.6. The highest BCUT2D eigenvalue weighted by Crippen LogP contribution is 2.06. The number of carbonyl (C=O) groups is 1. The second-order valence-electron chi connectivity index (χ2n) is 6.62. The van der Waals surface area contributed by atoms with E-state index in [0.717, 1.165) is 44.5 Å². The number of nitrogens with zero attached hydrogens (tertiary/aromatic N) is 2. The summed E-state index contributed by atoms with van der Waals surface area (Å²) >= 11 is 0. The molecule has 0 radical (unpaired) electrons. The number of benzene rings is 1. The first-order chi connectivity index (χ1) is 12.5. The van der Waals surface area contributed by atoms with E-state index in [1.54, 1.807) is 6.07 Å². The van der Waals surface area contributed by atoms with E-state index >= 15 is 0 Å². The van der Waals surface area contributed by atoms with Crippen molar-refractivity contribution >= 4 is 11.9 Å². The Bertz CT molecular complexity index is 568. The molecule has 0 bridgehead atoms. The van der Waals surface area contributed by atoms with Crippen molar-refractivity contribution in [1.82, 2.24) is 10.2 Å². The normalized spacial score (nSPS) is 12.9. The zero-order valence-corrected chi connectivity index (χ0v) is 17.0. The van der Waals surface area contributed by atoms with Gasteiger partial charge in [0, 0.05) is 5.56 Å². The molecular weight excluding hydrogens is 326 g/mol. The summed E-state index contributed by atoms with van der Waals surface area (Å²) in [4.78, 5) is 19.5. The number of nitrogens with one attached hydrogen (secondary N) is 1. The van der Waals surface area contributed by atoms with Crippen LogP contribution in [0.15, 0.2) is 29.3 Å². The van der Waals surface area contributed by atoms with Crippen LogP contribution in [0.2, 0.25) is 0 Å². The van der Waals surface area contributed by atoms with E-state index < -0.39 is 0 Å². The molecule has 0 aliphatic heterocycles. The van der Waals surface area contributed by atoms with Crippen LogP contribution < -0.4 is 5.32 Å². The van der Waals surface area contributed by atoms with Crippen molar-refractivity contribution in [2.24, 2.45) is 4.99 Å². The number of amides is 1. The average molecular weight is 362 g/mol. The summed E-state index contributed by atoms with van der Waals surface area (Å²) in [7, 11) is 0. The van der Waals surface area contributed by atoms with Crippen LogP contribution in [0.25, 0.3) is 0 Å². The number of hydrogen-bond donors (Lipinski definition) is 1. The summed E-state index contributed by atoms with van der Waals surface area (Å²) in [5.41, 5.74) is 1.67. The summed E-state index contributed by atoms with van der Waals surface area (Å²) in [6.45, 7) is 14.2. The molecule has 5 nitrogen and oxygen atoms in total. The van der Waals surface area contributed by atoms with Crippen molar-refractivity contribution in [3.05, 3.63) is 35.4 Å². The van der Waals surface area contributed by atoms with Crippen LogP contribution in [-0.2, 0) is 4.74 Å². The fourth-order valence-electron chi connectivity index (χ4n) is 2.67. The molecule has 1 amide bonds. The third-order valence-corrected chi connectivity index (χ3v) is 4.27. The summed E-state index contributed by atoms with van der Waals surface area (Å²) in [5, 5.41) is 2.83. The topological polar surface area (TPSA) is 53.9 Å². The van der Waals surface area contributed by atoms with E-state index in [0.29, 0.717) is 18.2 Å². The van der Waals surface area contributed by atoms with Crippen molar-refractivity contribution in [1.29, 1.82) is 0 Å². The first kappa shape index (κ1) is 22.2. The standard InChI is InChI=1S/C21H35N3O2/c1-6-15-26-21(22-18(5)12-10-14-24(7-2)8-3)23-20(25)19-13-9-11-17(4)16-19/h9,11,13,16,18H,6-8,10,12,14-15H2,1-5H3,(H,22,23,25)/t18-/m1/s1. The predicted molar refractivity (Wildman–Crippen MR) is 109 cm³/mol. The summed E-state index contributed by atoms with van der Waals surface area (Å²) in [5.74, 6) is -0.182. The Morgan fingerprint density at radius 3 is 2.62 bits per heavy atom. The van der Waals surface area contributed by atoms with Gasteiger partial charge in [0.15, 0.2) is 0 Å². The van der Waals surface area contributed by atoms with E-state index in [1.165, 1.54) is 0 Å². The molecule has 1 atom stereocenters. The van der Waals surface area contributed by atoms with Gasteiger partial charge in [-0.05, 0) is 64.9 Å². The fourth-order valence-corrected chi connectivity index (χ4v) is 2.67. The highest BCUT2D eigenvalue weighted by molar-refractivity contribution is 6.04. The molecule has 5 heteroatoms. The number of aryl methyl sites for hydroxylation is 1. The maximum atomic E-state index is 12.5. The lowest BCUT2D eigenvalue weighted by Crippen LogP contribution is -2.34. The summed E-state index contributed by atoms with van der Waals surface area (Å²) in [6, 6.07) is 7.94. The molecule has 26 heavy (non-hydrogen) atoms. The van der Waals surface area contributed by atoms with Crippen molar-refractivity contribution in [3.63, 3.8) is 0 Å². The lowest BCUT2D eigenvalue weighted by Gasteiger charge is -2.18. The first-order valence-corrected chi connectivity index (χ1v) is 9.81. The highest BCUT2D eigenvalue weighted by atomic mass is 16.5. The maximum Gasteiger partial charge on any atom is 0.291 e. The minimum absolute atomic E-state index is 0.107. The second kappa shape index (κ2) is 12.5. The number of aliphatic imine (C=N–C) groups is 1. The van der Waals surface area contributed by atoms with Crippen LogP contribution in [0.1, 0.15) is 62.9 Å². The average Bonchev–Trinajstić information content (AvgIpc) is 2.63. The van der Waals surface area contributed by atoms with Crippen molar-refractivity contribution in [2.45, 2.75) is 59.9 Å². The molecule has 0 spiro atoms. The van der Waals surface area contributed by atoms with E-state index in [1.807, 2.05) is 32.0 Å². The van der Waals surface area contributed by atoms with Gasteiger partial charge in [0.25, 0.3) is 11.9 Å². The maximum absolute atomic E-state index is 12.5. The molecule has 0 saturated carbocycles. The van der Waals surface area contributed by atoms with Gasteiger partial charge in [-0.1, -0.05) is 38.5 Å². The second-order valence-corrected chi connectivity index (χ2v) is 6.62. The third-order valence-electron chi connectivity index (χ3n) is 4.27. The molecule has 0 fully saturated rings. The van der Waals surface area contributed by atoms with Crippen LogP contribution in [0.5, 0.6) is 0 Å². The van der Waals surface area contributed by atoms with Crippen molar-refractivity contribution < 1.29 is 9.53 Å². The van der Waals surface area contributed by atoms with Gasteiger partial charge in [-0.15, -0.1) is 0 Å². The van der Waals surface area contributed by atoms with Gasteiger partial charge >= 0.3 is 0 Å². The SMILES string of the molecule is CCCOC(=N[C@H](C)CCCN(CC)CC)NC(=O)c1cccc(C)c1. The Labute approximate surface area is 158 Å². The van der Waals surface area contributed by atoms with Gasteiger partial charge in [0.1, 0.15) is 0 Å². The van der Waals surface area contributed by atoms with E-state index in [9.17, 15) is 4.79 Å². The molecule has 0 aliphatic rings. The van der Waals surface area contributed by atoms with Gasteiger partial charge < -0.3 is 9.64 Å². The van der Waals surface area contributed by atoms with E-state index in [4.69, 9.17) is 4.74 Å². The number of rotatable bonds is 10. The Morgan fingerprint density at radius 2 is 2.00 bits per heavy atom. The van der Waals surface area contributed by atoms with Crippen LogP contribution in [0.4, 0.5) is 0 Å². The smallest absolute Gasteiger partial charge is 0.291 e. The van der Waals surface area contributed by atoms with Crippen LogP contribution in [0.3, 0.4) is 0 Å². The lowest BCUT2D eigenvalue weighted by atomic mass is 10.1. The molecule has 1 aromatic rings. The largest absolute Gasteiger partial charge is 0.465 e. The van der Waals surface area contributed by atoms with Gasteiger partial charge in [-0.3, -0.25) is 10.1 Å². The minimum Gasteiger partial charge on any atom is -0.465 e. The number of ether oxygens (including phenoxy) is 1. The molecule has 1 rings (SSSR count). The van der Waals surface area contributed by atoms with Crippen molar-refractivity contribution in [2.75, 3.05) is 26.2 Å². The molecule has 146 valence electrons. The predicted octanol–water partition coefficient (Wildman–Crippen LogP) is 4.02. The minimum atomic E-state index is -0.182. The molecule has 0 aliphatic carbocycles. The highest BCUT2D eigenvalue weighted by Gasteiger charge is 2.12. The Morgan fingerprint density at radius 1 is 1.27 bits per heavy atom. The van der Waals surface area contributed by atoms with Gasteiger partial charge in [-0.2, -0.15) is 0 Å². The number of hydrogen-bond acceptors (Lipinski definition) is 4. The third kappa shape index (κ3) is 8.48. The molecular formula is C21H35N3O2. The molecule has 1 N–H and O–H groups in total. The van der Waals surface area contributed by atoms with Crippen LogP contribution in [-0.4, -0.2) is 49.1 Å². The summed E-state index contributed by atoms with van der Waals surface area (Å²) < 4.78 is 5.66. The van der Waals surface area contributed by atoms with E-state index in [-0.39, 0.29) is 11.9 Å². The molecule has 0 unspecified atom stereocenters. The number of carbonyl (C=O) groups excluding carboxylic acids is 1.